The second-order valence-corrected chi connectivity index (χ2v) is 2.68. The van der Waals surface area contributed by atoms with E-state index in [0.29, 0.717) is 0 Å². The van der Waals surface area contributed by atoms with Crippen LogP contribution in [0.2, 0.25) is 0 Å². The van der Waals surface area contributed by atoms with Gasteiger partial charge in [0.25, 0.3) is 0 Å². The zero-order chi connectivity index (χ0) is 10.6. The van der Waals surface area contributed by atoms with Crippen molar-refractivity contribution in [3.8, 4) is 0 Å². The standard InChI is InChI=1S/C10H10F2O2/c1-2-14-10(13)6-7-8(11)4-3-5-9(7)12/h3-5H,2,6H2,1H3. The highest BCUT2D eigenvalue weighted by Gasteiger charge is 2.13. The van der Waals surface area contributed by atoms with Gasteiger partial charge in [-0.2, -0.15) is 0 Å². The van der Waals surface area contributed by atoms with Gasteiger partial charge in [-0.25, -0.2) is 8.78 Å². The van der Waals surface area contributed by atoms with E-state index < -0.39 is 17.6 Å². The van der Waals surface area contributed by atoms with Crippen LogP contribution in [0.15, 0.2) is 18.2 Å². The van der Waals surface area contributed by atoms with Crippen LogP contribution in [0.3, 0.4) is 0 Å². The summed E-state index contributed by atoms with van der Waals surface area (Å²) in [6.45, 7) is 1.84. The third-order valence-electron chi connectivity index (χ3n) is 1.69. The predicted molar refractivity (Wildman–Crippen MR) is 46.7 cm³/mol. The Balaban J connectivity index is 2.80. The minimum Gasteiger partial charge on any atom is -0.466 e. The molecule has 0 N–H and O–H groups in total. The lowest BCUT2D eigenvalue weighted by atomic mass is 10.1. The summed E-state index contributed by atoms with van der Waals surface area (Å²) >= 11 is 0. The molecule has 0 fully saturated rings. The molecule has 76 valence electrons. The van der Waals surface area contributed by atoms with E-state index in [2.05, 4.69) is 4.74 Å². The highest BCUT2D eigenvalue weighted by molar-refractivity contribution is 5.72. The Morgan fingerprint density at radius 2 is 1.93 bits per heavy atom. The smallest absolute Gasteiger partial charge is 0.310 e. The minimum absolute atomic E-state index is 0.203. The summed E-state index contributed by atoms with van der Waals surface area (Å²) in [5.41, 5.74) is -0.244. The van der Waals surface area contributed by atoms with Crippen LogP contribution < -0.4 is 0 Å². The van der Waals surface area contributed by atoms with Crippen molar-refractivity contribution in [2.24, 2.45) is 0 Å². The molecule has 0 aliphatic rings. The maximum absolute atomic E-state index is 13.0. The summed E-state index contributed by atoms with van der Waals surface area (Å²) in [7, 11) is 0. The maximum Gasteiger partial charge on any atom is 0.310 e. The number of esters is 1. The largest absolute Gasteiger partial charge is 0.466 e. The molecular weight excluding hydrogens is 190 g/mol. The topological polar surface area (TPSA) is 26.3 Å². The number of hydrogen-bond donors (Lipinski definition) is 0. The fourth-order valence-corrected chi connectivity index (χ4v) is 1.06. The minimum atomic E-state index is -0.724. The molecule has 0 aliphatic heterocycles. The van der Waals surface area contributed by atoms with Gasteiger partial charge in [0.1, 0.15) is 11.6 Å². The van der Waals surface area contributed by atoms with Gasteiger partial charge in [-0.15, -0.1) is 0 Å². The third-order valence-corrected chi connectivity index (χ3v) is 1.69. The fraction of sp³-hybridized carbons (Fsp3) is 0.300. The van der Waals surface area contributed by atoms with Crippen molar-refractivity contribution < 1.29 is 18.3 Å². The van der Waals surface area contributed by atoms with Gasteiger partial charge >= 0.3 is 5.97 Å². The number of rotatable bonds is 3. The SMILES string of the molecule is CCOC(=O)Cc1c(F)cccc1F. The lowest BCUT2D eigenvalue weighted by molar-refractivity contribution is -0.142. The molecule has 1 rings (SSSR count). The Morgan fingerprint density at radius 3 is 2.43 bits per heavy atom. The van der Waals surface area contributed by atoms with Gasteiger partial charge < -0.3 is 4.74 Å². The summed E-state index contributed by atoms with van der Waals surface area (Å²) in [4.78, 5) is 11.0. The number of carbonyl (C=O) groups is 1. The molecule has 0 aromatic heterocycles. The molecule has 1 aromatic carbocycles. The molecule has 4 heteroatoms. The molecule has 0 heterocycles. The van der Waals surface area contributed by atoms with Gasteiger partial charge in [0.15, 0.2) is 0 Å². The second-order valence-electron chi connectivity index (χ2n) is 2.68. The summed E-state index contributed by atoms with van der Waals surface area (Å²) in [5.74, 6) is -2.08. The van der Waals surface area contributed by atoms with Crippen molar-refractivity contribution in [1.82, 2.24) is 0 Å². The van der Waals surface area contributed by atoms with Crippen molar-refractivity contribution in [3.63, 3.8) is 0 Å². The molecule has 0 spiro atoms. The second kappa shape index (κ2) is 4.69. The average Bonchev–Trinajstić information content (AvgIpc) is 2.12. The summed E-state index contributed by atoms with van der Waals surface area (Å²) in [6.07, 6.45) is -0.369. The first-order valence-electron chi connectivity index (χ1n) is 4.23. The Kier molecular flexibility index (Phi) is 3.56. The molecule has 0 bridgehead atoms. The van der Waals surface area contributed by atoms with Gasteiger partial charge in [0.2, 0.25) is 0 Å². The quantitative estimate of drug-likeness (QED) is 0.698. The molecule has 0 saturated carbocycles. The number of halogens is 2. The number of ether oxygens (including phenoxy) is 1. The zero-order valence-electron chi connectivity index (χ0n) is 7.72. The molecule has 0 amide bonds. The zero-order valence-corrected chi connectivity index (χ0v) is 7.72. The number of benzene rings is 1. The summed E-state index contributed by atoms with van der Waals surface area (Å²) in [6, 6.07) is 3.47. The molecule has 0 unspecified atom stereocenters. The molecular formula is C10H10F2O2. The van der Waals surface area contributed by atoms with E-state index in [1.54, 1.807) is 6.92 Å². The van der Waals surface area contributed by atoms with Crippen LogP contribution in [-0.4, -0.2) is 12.6 Å². The molecule has 0 saturated heterocycles. The normalized spacial score (nSPS) is 9.93. The van der Waals surface area contributed by atoms with Gasteiger partial charge in [0, 0.05) is 5.56 Å². The van der Waals surface area contributed by atoms with E-state index in [1.807, 2.05) is 0 Å². The van der Waals surface area contributed by atoms with E-state index in [1.165, 1.54) is 6.07 Å². The van der Waals surface area contributed by atoms with Gasteiger partial charge in [-0.1, -0.05) is 6.07 Å². The van der Waals surface area contributed by atoms with Crippen molar-refractivity contribution in [1.29, 1.82) is 0 Å². The monoisotopic (exact) mass is 200 g/mol. The van der Waals surface area contributed by atoms with Crippen LogP contribution in [0, 0.1) is 11.6 Å². The van der Waals surface area contributed by atoms with Crippen LogP contribution in [0.25, 0.3) is 0 Å². The fourth-order valence-electron chi connectivity index (χ4n) is 1.06. The van der Waals surface area contributed by atoms with Crippen molar-refractivity contribution >= 4 is 5.97 Å². The molecule has 0 radical (unpaired) electrons. The summed E-state index contributed by atoms with van der Waals surface area (Å²) < 4.78 is 30.6. The molecule has 2 nitrogen and oxygen atoms in total. The van der Waals surface area contributed by atoms with Gasteiger partial charge in [-0.05, 0) is 19.1 Å². The highest BCUT2D eigenvalue weighted by atomic mass is 19.1. The van der Waals surface area contributed by atoms with E-state index in [9.17, 15) is 13.6 Å². The Hall–Kier alpha value is -1.45. The van der Waals surface area contributed by atoms with Crippen LogP contribution in [-0.2, 0) is 16.0 Å². The van der Waals surface area contributed by atoms with E-state index in [0.717, 1.165) is 12.1 Å². The number of carbonyl (C=O) groups excluding carboxylic acids is 1. The lowest BCUT2D eigenvalue weighted by Crippen LogP contribution is -2.10. The number of hydrogen-bond acceptors (Lipinski definition) is 2. The summed E-state index contributed by atoms with van der Waals surface area (Å²) in [5, 5.41) is 0. The molecule has 0 aliphatic carbocycles. The Labute approximate surface area is 80.5 Å². The van der Waals surface area contributed by atoms with Crippen molar-refractivity contribution in [3.05, 3.63) is 35.4 Å². The molecule has 14 heavy (non-hydrogen) atoms. The maximum atomic E-state index is 13.0. The van der Waals surface area contributed by atoms with Gasteiger partial charge in [0.05, 0.1) is 13.0 Å². The van der Waals surface area contributed by atoms with Crippen LogP contribution >= 0.6 is 0 Å². The lowest BCUT2D eigenvalue weighted by Gasteiger charge is -2.04. The highest BCUT2D eigenvalue weighted by Crippen LogP contribution is 2.12. The van der Waals surface area contributed by atoms with E-state index >= 15 is 0 Å². The molecule has 0 atom stereocenters. The Bertz CT molecular complexity index is 317. The van der Waals surface area contributed by atoms with Crippen LogP contribution in [0.1, 0.15) is 12.5 Å². The van der Waals surface area contributed by atoms with Crippen LogP contribution in [0.5, 0.6) is 0 Å². The average molecular weight is 200 g/mol. The first kappa shape index (κ1) is 10.6. The third kappa shape index (κ3) is 2.52. The first-order valence-corrected chi connectivity index (χ1v) is 4.23. The van der Waals surface area contributed by atoms with Crippen molar-refractivity contribution in [2.45, 2.75) is 13.3 Å². The molecule has 1 aromatic rings. The van der Waals surface area contributed by atoms with Crippen molar-refractivity contribution in [2.75, 3.05) is 6.61 Å². The van der Waals surface area contributed by atoms with E-state index in [-0.39, 0.29) is 18.6 Å². The van der Waals surface area contributed by atoms with Gasteiger partial charge in [-0.3, -0.25) is 4.79 Å². The first-order chi connectivity index (χ1) is 6.65. The predicted octanol–water partition coefficient (Wildman–Crippen LogP) is 2.07. The Morgan fingerprint density at radius 1 is 1.36 bits per heavy atom. The van der Waals surface area contributed by atoms with E-state index in [4.69, 9.17) is 0 Å². The van der Waals surface area contributed by atoms with Crippen LogP contribution in [0.4, 0.5) is 8.78 Å².